The van der Waals surface area contributed by atoms with Gasteiger partial charge in [0.15, 0.2) is 0 Å². The van der Waals surface area contributed by atoms with Gasteiger partial charge in [-0.3, -0.25) is 9.78 Å². The van der Waals surface area contributed by atoms with Gasteiger partial charge in [0.05, 0.1) is 26.2 Å². The van der Waals surface area contributed by atoms with Crippen LogP contribution in [-0.2, 0) is 9.53 Å². The van der Waals surface area contributed by atoms with Crippen molar-refractivity contribution in [2.45, 2.75) is 11.3 Å². The summed E-state index contributed by atoms with van der Waals surface area (Å²) in [7, 11) is 3.04. The maximum atomic E-state index is 11.1. The van der Waals surface area contributed by atoms with Crippen LogP contribution in [0.2, 0.25) is 0 Å². The van der Waals surface area contributed by atoms with E-state index in [0.29, 0.717) is 12.2 Å². The zero-order chi connectivity index (χ0) is 13.7. The van der Waals surface area contributed by atoms with Crippen molar-refractivity contribution >= 4 is 28.6 Å². The molecule has 0 radical (unpaired) electrons. The highest BCUT2D eigenvalue weighted by Crippen LogP contribution is 2.31. The largest absolute Gasteiger partial charge is 0.496 e. The first-order valence-electron chi connectivity index (χ1n) is 5.87. The molecule has 0 aliphatic carbocycles. The number of hydrogen-bond acceptors (Lipinski definition) is 5. The van der Waals surface area contributed by atoms with E-state index in [1.807, 2.05) is 24.3 Å². The molecule has 1 heterocycles. The van der Waals surface area contributed by atoms with E-state index in [9.17, 15) is 4.79 Å². The van der Waals surface area contributed by atoms with Crippen LogP contribution >= 0.6 is 11.8 Å². The van der Waals surface area contributed by atoms with Crippen LogP contribution in [0.4, 0.5) is 0 Å². The average Bonchev–Trinajstić information content (AvgIpc) is 2.46. The monoisotopic (exact) mass is 277 g/mol. The van der Waals surface area contributed by atoms with Gasteiger partial charge in [-0.25, -0.2) is 0 Å². The molecular weight excluding hydrogens is 262 g/mol. The minimum Gasteiger partial charge on any atom is -0.496 e. The van der Waals surface area contributed by atoms with E-state index in [1.165, 1.54) is 7.11 Å². The summed E-state index contributed by atoms with van der Waals surface area (Å²) in [4.78, 5) is 16.5. The van der Waals surface area contributed by atoms with Gasteiger partial charge in [-0.05, 0) is 18.2 Å². The highest BCUT2D eigenvalue weighted by atomic mass is 32.2. The van der Waals surface area contributed by atoms with E-state index in [-0.39, 0.29) is 5.97 Å². The molecular formula is C14H15NO3S. The van der Waals surface area contributed by atoms with Crippen LogP contribution in [0.25, 0.3) is 10.9 Å². The van der Waals surface area contributed by atoms with E-state index < -0.39 is 0 Å². The van der Waals surface area contributed by atoms with Crippen LogP contribution in [0.5, 0.6) is 5.75 Å². The number of carbonyl (C=O) groups excluding carboxylic acids is 1. The molecule has 4 nitrogen and oxygen atoms in total. The molecule has 1 aromatic heterocycles. The summed E-state index contributed by atoms with van der Waals surface area (Å²) >= 11 is 1.59. The number of fused-ring (bicyclic) bond motifs is 1. The summed E-state index contributed by atoms with van der Waals surface area (Å²) in [5.74, 6) is 1.28. The van der Waals surface area contributed by atoms with E-state index >= 15 is 0 Å². The number of benzene rings is 1. The fourth-order valence-electron chi connectivity index (χ4n) is 1.76. The number of pyridine rings is 1. The Balaban J connectivity index is 2.21. The van der Waals surface area contributed by atoms with Crippen molar-refractivity contribution in [3.63, 3.8) is 0 Å². The Bertz CT molecular complexity index is 586. The number of thioether (sulfide) groups is 1. The standard InChI is InChI=1S/C14H15NO3S/c1-17-11-6-8-15-14-10(11)4-3-5-12(14)19-9-7-13(16)18-2/h3-6,8H,7,9H2,1-2H3. The topological polar surface area (TPSA) is 48.4 Å². The van der Waals surface area contributed by atoms with Crippen molar-refractivity contribution in [3.8, 4) is 5.75 Å². The highest BCUT2D eigenvalue weighted by Gasteiger charge is 2.08. The van der Waals surface area contributed by atoms with Gasteiger partial charge in [0.25, 0.3) is 0 Å². The highest BCUT2D eigenvalue weighted by molar-refractivity contribution is 7.99. The van der Waals surface area contributed by atoms with Crippen LogP contribution in [0.1, 0.15) is 6.42 Å². The lowest BCUT2D eigenvalue weighted by Gasteiger charge is -2.08. The summed E-state index contributed by atoms with van der Waals surface area (Å²) in [5.41, 5.74) is 0.900. The molecule has 2 aromatic rings. The summed E-state index contributed by atoms with van der Waals surface area (Å²) < 4.78 is 9.94. The lowest BCUT2D eigenvalue weighted by Crippen LogP contribution is -2.01. The molecule has 0 amide bonds. The van der Waals surface area contributed by atoms with Crippen LogP contribution in [-0.4, -0.2) is 30.9 Å². The fraction of sp³-hybridized carbons (Fsp3) is 0.286. The SMILES string of the molecule is COC(=O)CCSc1cccc2c(OC)ccnc12. The summed E-state index contributed by atoms with van der Waals surface area (Å²) in [6.45, 7) is 0. The second-order valence-electron chi connectivity index (χ2n) is 3.84. The molecule has 0 N–H and O–H groups in total. The number of para-hydroxylation sites is 1. The molecule has 0 saturated heterocycles. The van der Waals surface area contributed by atoms with Gasteiger partial charge in [-0.1, -0.05) is 6.07 Å². The van der Waals surface area contributed by atoms with E-state index in [4.69, 9.17) is 4.74 Å². The number of methoxy groups -OCH3 is 2. The van der Waals surface area contributed by atoms with Gasteiger partial charge in [0, 0.05) is 22.2 Å². The summed E-state index contributed by atoms with van der Waals surface area (Å²) in [5, 5.41) is 0.980. The van der Waals surface area contributed by atoms with Crippen molar-refractivity contribution in [1.82, 2.24) is 4.98 Å². The number of rotatable bonds is 5. The Labute approximate surface area is 116 Å². The van der Waals surface area contributed by atoms with Crippen LogP contribution in [0.3, 0.4) is 0 Å². The zero-order valence-electron chi connectivity index (χ0n) is 10.9. The fourth-order valence-corrected chi connectivity index (χ4v) is 2.73. The Kier molecular flexibility index (Phi) is 4.63. The normalized spacial score (nSPS) is 10.4. The average molecular weight is 277 g/mol. The van der Waals surface area contributed by atoms with Crippen LogP contribution in [0, 0.1) is 0 Å². The molecule has 19 heavy (non-hydrogen) atoms. The Hall–Kier alpha value is -1.75. The lowest BCUT2D eigenvalue weighted by molar-refractivity contribution is -0.140. The third kappa shape index (κ3) is 3.17. The number of aromatic nitrogens is 1. The van der Waals surface area contributed by atoms with E-state index in [1.54, 1.807) is 25.1 Å². The predicted octanol–water partition coefficient (Wildman–Crippen LogP) is 2.90. The molecule has 0 saturated carbocycles. The number of ether oxygens (including phenoxy) is 2. The van der Waals surface area contributed by atoms with Gasteiger partial charge in [-0.15, -0.1) is 11.8 Å². The molecule has 0 fully saturated rings. The Morgan fingerprint density at radius 3 is 2.89 bits per heavy atom. The maximum Gasteiger partial charge on any atom is 0.306 e. The molecule has 1 aromatic carbocycles. The van der Waals surface area contributed by atoms with E-state index in [2.05, 4.69) is 9.72 Å². The quantitative estimate of drug-likeness (QED) is 0.621. The maximum absolute atomic E-state index is 11.1. The first kappa shape index (κ1) is 13.7. The summed E-state index contributed by atoms with van der Waals surface area (Å²) in [6, 6.07) is 7.78. The zero-order valence-corrected chi connectivity index (χ0v) is 11.7. The first-order valence-corrected chi connectivity index (χ1v) is 6.86. The lowest BCUT2D eigenvalue weighted by atomic mass is 10.2. The van der Waals surface area contributed by atoms with Crippen LogP contribution in [0.15, 0.2) is 35.4 Å². The van der Waals surface area contributed by atoms with Crippen molar-refractivity contribution in [2.24, 2.45) is 0 Å². The van der Waals surface area contributed by atoms with Gasteiger partial charge in [-0.2, -0.15) is 0 Å². The van der Waals surface area contributed by atoms with Gasteiger partial charge >= 0.3 is 5.97 Å². The molecule has 5 heteroatoms. The van der Waals surface area contributed by atoms with Crippen LogP contribution < -0.4 is 4.74 Å². The number of esters is 1. The Morgan fingerprint density at radius 1 is 1.32 bits per heavy atom. The predicted molar refractivity (Wildman–Crippen MR) is 75.7 cm³/mol. The molecule has 100 valence electrons. The molecule has 2 rings (SSSR count). The van der Waals surface area contributed by atoms with Crippen molar-refractivity contribution in [3.05, 3.63) is 30.5 Å². The smallest absolute Gasteiger partial charge is 0.306 e. The minimum absolute atomic E-state index is 0.196. The molecule has 0 aliphatic rings. The van der Waals surface area contributed by atoms with Crippen molar-refractivity contribution in [1.29, 1.82) is 0 Å². The summed E-state index contributed by atoms with van der Waals surface area (Å²) in [6.07, 6.45) is 2.12. The number of nitrogens with zero attached hydrogens (tertiary/aromatic N) is 1. The van der Waals surface area contributed by atoms with Gasteiger partial charge < -0.3 is 9.47 Å². The third-order valence-corrected chi connectivity index (χ3v) is 3.75. The molecule has 0 atom stereocenters. The minimum atomic E-state index is -0.196. The van der Waals surface area contributed by atoms with Crippen molar-refractivity contribution < 1.29 is 14.3 Å². The molecule has 0 unspecified atom stereocenters. The Morgan fingerprint density at radius 2 is 2.16 bits per heavy atom. The first-order chi connectivity index (χ1) is 9.26. The van der Waals surface area contributed by atoms with Crippen molar-refractivity contribution in [2.75, 3.05) is 20.0 Å². The molecule has 0 aliphatic heterocycles. The second kappa shape index (κ2) is 6.43. The molecule has 0 bridgehead atoms. The number of carbonyl (C=O) groups is 1. The third-order valence-electron chi connectivity index (χ3n) is 2.71. The van der Waals surface area contributed by atoms with E-state index in [0.717, 1.165) is 21.5 Å². The van der Waals surface area contributed by atoms with Gasteiger partial charge in [0.2, 0.25) is 0 Å². The number of hydrogen-bond donors (Lipinski definition) is 0. The second-order valence-corrected chi connectivity index (χ2v) is 4.98. The van der Waals surface area contributed by atoms with Gasteiger partial charge in [0.1, 0.15) is 5.75 Å². The molecule has 0 spiro atoms.